The molecule has 2 aromatic carbocycles. The average Bonchev–Trinajstić information content (AvgIpc) is 2.63. The molecule has 2 aromatic rings. The van der Waals surface area contributed by atoms with Crippen molar-refractivity contribution in [3.8, 4) is 0 Å². The monoisotopic (exact) mass is 312 g/mol. The third-order valence-corrected chi connectivity index (χ3v) is 4.36. The van der Waals surface area contributed by atoms with Crippen LogP contribution in [-0.4, -0.2) is 17.8 Å². The zero-order chi connectivity index (χ0) is 16.1. The van der Waals surface area contributed by atoms with Gasteiger partial charge in [0.15, 0.2) is 0 Å². The molecule has 0 radical (unpaired) electrons. The number of benzene rings is 2. The number of aliphatic hydroxyl groups excluding tert-OH is 1. The summed E-state index contributed by atoms with van der Waals surface area (Å²) in [6, 6.07) is 19.4. The Kier molecular flexibility index (Phi) is 5.11. The van der Waals surface area contributed by atoms with Gasteiger partial charge in [0.2, 0.25) is 5.79 Å². The van der Waals surface area contributed by atoms with Crippen LogP contribution in [0.25, 0.3) is 0 Å². The molecule has 3 rings (SSSR count). The van der Waals surface area contributed by atoms with E-state index in [2.05, 4.69) is 6.92 Å². The number of hydrogen-bond acceptors (Lipinski definition) is 3. The minimum Gasteiger partial charge on any atom is -0.382 e. The molecule has 1 saturated heterocycles. The van der Waals surface area contributed by atoms with Crippen molar-refractivity contribution in [3.05, 3.63) is 71.8 Å². The lowest BCUT2D eigenvalue weighted by molar-refractivity contribution is -0.343. The fourth-order valence-corrected chi connectivity index (χ4v) is 3.19. The highest BCUT2D eigenvalue weighted by atomic mass is 16.7. The second kappa shape index (κ2) is 7.26. The van der Waals surface area contributed by atoms with Crippen LogP contribution in [0.3, 0.4) is 0 Å². The molecule has 1 N–H and O–H groups in total. The molecular weight excluding hydrogens is 288 g/mol. The second-order valence-electron chi connectivity index (χ2n) is 6.01. The molecule has 3 heteroatoms. The quantitative estimate of drug-likeness (QED) is 0.900. The Hall–Kier alpha value is -1.68. The standard InChI is InChI=1S/C20H24O3/c1-2-9-18-14-15-22-20(23-18,17-12-7-4-8-13-17)19(21)16-10-5-3-6-11-16/h3-8,10-13,18-19,21H,2,9,14-15H2,1H3. The van der Waals surface area contributed by atoms with Crippen LogP contribution in [-0.2, 0) is 15.3 Å². The molecule has 1 aliphatic heterocycles. The van der Waals surface area contributed by atoms with E-state index in [1.165, 1.54) is 0 Å². The van der Waals surface area contributed by atoms with Gasteiger partial charge in [-0.1, -0.05) is 74.0 Å². The summed E-state index contributed by atoms with van der Waals surface area (Å²) in [5.41, 5.74) is 1.66. The van der Waals surface area contributed by atoms with Gasteiger partial charge in [-0.05, 0) is 18.4 Å². The highest BCUT2D eigenvalue weighted by Crippen LogP contribution is 2.44. The molecule has 3 atom stereocenters. The lowest BCUT2D eigenvalue weighted by atomic mass is 9.92. The van der Waals surface area contributed by atoms with Gasteiger partial charge in [-0.3, -0.25) is 0 Å². The number of ether oxygens (including phenoxy) is 2. The van der Waals surface area contributed by atoms with Gasteiger partial charge in [0.1, 0.15) is 6.10 Å². The zero-order valence-electron chi connectivity index (χ0n) is 13.5. The van der Waals surface area contributed by atoms with E-state index in [0.29, 0.717) is 6.61 Å². The summed E-state index contributed by atoms with van der Waals surface area (Å²) in [6.07, 6.45) is 2.12. The molecule has 0 amide bonds. The Balaban J connectivity index is 2.00. The van der Waals surface area contributed by atoms with E-state index in [1.807, 2.05) is 60.7 Å². The Bertz CT molecular complexity index is 597. The highest BCUT2D eigenvalue weighted by molar-refractivity contribution is 5.28. The van der Waals surface area contributed by atoms with Crippen LogP contribution in [0.1, 0.15) is 43.4 Å². The molecule has 0 saturated carbocycles. The minimum atomic E-state index is -1.14. The van der Waals surface area contributed by atoms with Crippen LogP contribution in [0.2, 0.25) is 0 Å². The normalized spacial score (nSPS) is 25.9. The van der Waals surface area contributed by atoms with Gasteiger partial charge in [-0.25, -0.2) is 0 Å². The van der Waals surface area contributed by atoms with Gasteiger partial charge in [-0.15, -0.1) is 0 Å². The van der Waals surface area contributed by atoms with Crippen molar-refractivity contribution >= 4 is 0 Å². The third kappa shape index (κ3) is 3.32. The zero-order valence-corrected chi connectivity index (χ0v) is 13.5. The lowest BCUT2D eigenvalue weighted by Crippen LogP contribution is -2.46. The predicted octanol–water partition coefficient (Wildman–Crippen LogP) is 4.18. The average molecular weight is 312 g/mol. The predicted molar refractivity (Wildman–Crippen MR) is 89.9 cm³/mol. The van der Waals surface area contributed by atoms with E-state index in [1.54, 1.807) is 0 Å². The van der Waals surface area contributed by atoms with Gasteiger partial charge < -0.3 is 14.6 Å². The molecule has 0 bridgehead atoms. The summed E-state index contributed by atoms with van der Waals surface area (Å²) in [5, 5.41) is 11.1. The van der Waals surface area contributed by atoms with E-state index in [0.717, 1.165) is 30.4 Å². The fourth-order valence-electron chi connectivity index (χ4n) is 3.19. The number of aliphatic hydroxyl groups is 1. The molecule has 1 aliphatic rings. The maximum atomic E-state index is 11.1. The van der Waals surface area contributed by atoms with Crippen LogP contribution >= 0.6 is 0 Å². The Morgan fingerprint density at radius 1 is 1.09 bits per heavy atom. The van der Waals surface area contributed by atoms with Crippen molar-refractivity contribution in [1.82, 2.24) is 0 Å². The van der Waals surface area contributed by atoms with Crippen molar-refractivity contribution in [2.75, 3.05) is 6.61 Å². The van der Waals surface area contributed by atoms with E-state index >= 15 is 0 Å². The van der Waals surface area contributed by atoms with Gasteiger partial charge in [0, 0.05) is 5.56 Å². The summed E-state index contributed by atoms with van der Waals surface area (Å²) >= 11 is 0. The molecule has 1 fully saturated rings. The van der Waals surface area contributed by atoms with E-state index < -0.39 is 11.9 Å². The molecule has 3 unspecified atom stereocenters. The van der Waals surface area contributed by atoms with Crippen LogP contribution in [0.15, 0.2) is 60.7 Å². The van der Waals surface area contributed by atoms with Crippen LogP contribution in [0, 0.1) is 0 Å². The van der Waals surface area contributed by atoms with Gasteiger partial charge in [0.25, 0.3) is 0 Å². The molecule has 122 valence electrons. The molecule has 3 nitrogen and oxygen atoms in total. The summed E-state index contributed by atoms with van der Waals surface area (Å²) in [6.45, 7) is 2.74. The van der Waals surface area contributed by atoms with Gasteiger partial charge in [-0.2, -0.15) is 0 Å². The van der Waals surface area contributed by atoms with Crippen LogP contribution in [0.5, 0.6) is 0 Å². The van der Waals surface area contributed by atoms with Gasteiger partial charge >= 0.3 is 0 Å². The number of rotatable bonds is 5. The summed E-state index contributed by atoms with van der Waals surface area (Å²) in [7, 11) is 0. The van der Waals surface area contributed by atoms with Gasteiger partial charge in [0.05, 0.1) is 12.7 Å². The first-order valence-corrected chi connectivity index (χ1v) is 8.36. The number of hydrogen-bond donors (Lipinski definition) is 1. The molecule has 0 aromatic heterocycles. The Morgan fingerprint density at radius 2 is 1.74 bits per heavy atom. The van der Waals surface area contributed by atoms with Crippen LogP contribution < -0.4 is 0 Å². The summed E-state index contributed by atoms with van der Waals surface area (Å²) in [4.78, 5) is 0. The van der Waals surface area contributed by atoms with E-state index in [4.69, 9.17) is 9.47 Å². The topological polar surface area (TPSA) is 38.7 Å². The van der Waals surface area contributed by atoms with E-state index in [-0.39, 0.29) is 6.10 Å². The molecular formula is C20H24O3. The maximum Gasteiger partial charge on any atom is 0.226 e. The van der Waals surface area contributed by atoms with Crippen molar-refractivity contribution in [2.24, 2.45) is 0 Å². The third-order valence-electron chi connectivity index (χ3n) is 4.36. The largest absolute Gasteiger partial charge is 0.382 e. The van der Waals surface area contributed by atoms with E-state index in [9.17, 15) is 5.11 Å². The molecule has 23 heavy (non-hydrogen) atoms. The summed E-state index contributed by atoms with van der Waals surface area (Å²) in [5.74, 6) is -1.14. The lowest BCUT2D eigenvalue weighted by Gasteiger charge is -2.44. The SMILES string of the molecule is CCCC1CCOC(c2ccccc2)(C(O)c2ccccc2)O1. The summed E-state index contributed by atoms with van der Waals surface area (Å²) < 4.78 is 12.4. The Labute approximate surface area is 137 Å². The first kappa shape index (κ1) is 16.2. The minimum absolute atomic E-state index is 0.104. The molecule has 1 heterocycles. The smallest absolute Gasteiger partial charge is 0.226 e. The van der Waals surface area contributed by atoms with Crippen molar-refractivity contribution in [2.45, 2.75) is 44.2 Å². The Morgan fingerprint density at radius 3 is 2.39 bits per heavy atom. The fraction of sp³-hybridized carbons (Fsp3) is 0.400. The molecule has 0 aliphatic carbocycles. The molecule has 0 spiro atoms. The highest BCUT2D eigenvalue weighted by Gasteiger charge is 2.47. The second-order valence-corrected chi connectivity index (χ2v) is 6.01. The van der Waals surface area contributed by atoms with Crippen molar-refractivity contribution < 1.29 is 14.6 Å². The first-order valence-electron chi connectivity index (χ1n) is 8.36. The van der Waals surface area contributed by atoms with Crippen LogP contribution in [0.4, 0.5) is 0 Å². The van der Waals surface area contributed by atoms with Crippen molar-refractivity contribution in [3.63, 3.8) is 0 Å². The first-order chi connectivity index (χ1) is 11.3. The van der Waals surface area contributed by atoms with Crippen molar-refractivity contribution in [1.29, 1.82) is 0 Å². The maximum absolute atomic E-state index is 11.1.